The average molecular weight is 245 g/mol. The van der Waals surface area contributed by atoms with Crippen LogP contribution in [0.5, 0.6) is 0 Å². The highest BCUT2D eigenvalue weighted by molar-refractivity contribution is 5.23. The summed E-state index contributed by atoms with van der Waals surface area (Å²) in [5.41, 5.74) is 6.01. The molecular weight excluding hydrogens is 228 g/mol. The van der Waals surface area contributed by atoms with Crippen molar-refractivity contribution in [2.24, 2.45) is 5.73 Å². The van der Waals surface area contributed by atoms with Crippen LogP contribution in [-0.2, 0) is 15.3 Å². The molecule has 0 atom stereocenters. The molecule has 5 heteroatoms. The van der Waals surface area contributed by atoms with Gasteiger partial charge in [0.1, 0.15) is 0 Å². The van der Waals surface area contributed by atoms with Gasteiger partial charge in [-0.25, -0.2) is 8.78 Å². The highest BCUT2D eigenvalue weighted by atomic mass is 19.2. The molecule has 96 valence electrons. The van der Waals surface area contributed by atoms with E-state index in [1.165, 1.54) is 6.07 Å². The monoisotopic (exact) mass is 245 g/mol. The minimum absolute atomic E-state index is 0.0275. The zero-order chi connectivity index (χ0) is 12.9. The summed E-state index contributed by atoms with van der Waals surface area (Å²) in [5, 5.41) is 0. The fraction of sp³-hybridized carbons (Fsp3) is 0.500. The van der Waals surface area contributed by atoms with E-state index in [0.29, 0.717) is 18.8 Å². The van der Waals surface area contributed by atoms with E-state index in [9.17, 15) is 8.78 Å². The molecule has 0 aliphatic heterocycles. The molecule has 0 bridgehead atoms. The molecule has 3 nitrogen and oxygen atoms in total. The number of hydrogen-bond acceptors (Lipinski definition) is 3. The minimum atomic E-state index is -1.21. The van der Waals surface area contributed by atoms with Gasteiger partial charge in [-0.05, 0) is 26.0 Å². The predicted octanol–water partition coefficient (Wildman–Crippen LogP) is 2.15. The van der Waals surface area contributed by atoms with Crippen molar-refractivity contribution >= 4 is 0 Å². The first kappa shape index (κ1) is 14.0. The maximum absolute atomic E-state index is 13.2. The van der Waals surface area contributed by atoms with Crippen LogP contribution in [0.3, 0.4) is 0 Å². The Labute approximate surface area is 99.5 Å². The summed E-state index contributed by atoms with van der Waals surface area (Å²) in [6.45, 7) is 4.30. The fourth-order valence-corrected chi connectivity index (χ4v) is 1.64. The predicted molar refractivity (Wildman–Crippen MR) is 60.3 cm³/mol. The van der Waals surface area contributed by atoms with Gasteiger partial charge in [-0.2, -0.15) is 0 Å². The molecule has 0 spiro atoms. The van der Waals surface area contributed by atoms with Gasteiger partial charge in [-0.15, -0.1) is 0 Å². The molecular formula is C12H17F2NO2. The van der Waals surface area contributed by atoms with Gasteiger partial charge in [0.15, 0.2) is 11.6 Å². The van der Waals surface area contributed by atoms with E-state index >= 15 is 0 Å². The van der Waals surface area contributed by atoms with Gasteiger partial charge in [0.05, 0.1) is 6.54 Å². The zero-order valence-electron chi connectivity index (χ0n) is 10.0. The summed E-state index contributed by atoms with van der Waals surface area (Å²) in [7, 11) is 0. The van der Waals surface area contributed by atoms with Crippen LogP contribution >= 0.6 is 0 Å². The first-order valence-electron chi connectivity index (χ1n) is 5.53. The van der Waals surface area contributed by atoms with Crippen LogP contribution in [0, 0.1) is 11.6 Å². The molecule has 0 saturated heterocycles. The van der Waals surface area contributed by atoms with Gasteiger partial charge in [0.25, 0.3) is 0 Å². The Kier molecular flexibility index (Phi) is 4.99. The lowest BCUT2D eigenvalue weighted by atomic mass is 10.1. The van der Waals surface area contributed by atoms with Gasteiger partial charge in [-0.3, -0.25) is 0 Å². The number of rotatable bonds is 6. The van der Waals surface area contributed by atoms with Gasteiger partial charge in [-0.1, -0.05) is 6.07 Å². The van der Waals surface area contributed by atoms with Crippen molar-refractivity contribution in [3.05, 3.63) is 35.4 Å². The third-order valence-electron chi connectivity index (χ3n) is 2.38. The number of ether oxygens (including phenoxy) is 2. The van der Waals surface area contributed by atoms with Crippen molar-refractivity contribution in [3.8, 4) is 0 Å². The Bertz CT molecular complexity index is 366. The van der Waals surface area contributed by atoms with Crippen molar-refractivity contribution in [3.63, 3.8) is 0 Å². The van der Waals surface area contributed by atoms with Crippen molar-refractivity contribution < 1.29 is 18.3 Å². The molecule has 0 heterocycles. The molecule has 1 aromatic carbocycles. The third kappa shape index (κ3) is 3.00. The van der Waals surface area contributed by atoms with E-state index in [4.69, 9.17) is 15.2 Å². The van der Waals surface area contributed by atoms with E-state index in [2.05, 4.69) is 0 Å². The summed E-state index contributed by atoms with van der Waals surface area (Å²) < 4.78 is 37.0. The number of hydrogen-bond donors (Lipinski definition) is 1. The SMILES string of the molecule is CCOC(CN)(OCC)c1ccc(F)c(F)c1. The highest BCUT2D eigenvalue weighted by Crippen LogP contribution is 2.27. The van der Waals surface area contributed by atoms with Crippen LogP contribution in [0.2, 0.25) is 0 Å². The molecule has 0 aliphatic carbocycles. The Morgan fingerprint density at radius 1 is 1.12 bits per heavy atom. The largest absolute Gasteiger partial charge is 0.345 e. The van der Waals surface area contributed by atoms with Crippen LogP contribution in [0.15, 0.2) is 18.2 Å². The molecule has 1 rings (SSSR count). The third-order valence-corrected chi connectivity index (χ3v) is 2.38. The second-order valence-electron chi connectivity index (χ2n) is 3.45. The topological polar surface area (TPSA) is 44.5 Å². The van der Waals surface area contributed by atoms with Crippen LogP contribution in [0.1, 0.15) is 19.4 Å². The summed E-state index contributed by atoms with van der Waals surface area (Å²) in [6, 6.07) is 3.50. The van der Waals surface area contributed by atoms with Gasteiger partial charge < -0.3 is 15.2 Å². The molecule has 17 heavy (non-hydrogen) atoms. The number of nitrogens with two attached hydrogens (primary N) is 1. The summed E-state index contributed by atoms with van der Waals surface area (Å²) >= 11 is 0. The van der Waals surface area contributed by atoms with Gasteiger partial charge in [0, 0.05) is 18.8 Å². The molecule has 0 aliphatic rings. The van der Waals surface area contributed by atoms with Crippen molar-refractivity contribution in [2.75, 3.05) is 19.8 Å². The van der Waals surface area contributed by atoms with E-state index < -0.39 is 17.4 Å². The lowest BCUT2D eigenvalue weighted by Crippen LogP contribution is -2.41. The van der Waals surface area contributed by atoms with Gasteiger partial charge in [0.2, 0.25) is 5.79 Å². The average Bonchev–Trinajstić information content (AvgIpc) is 2.32. The van der Waals surface area contributed by atoms with E-state index in [-0.39, 0.29) is 6.54 Å². The van der Waals surface area contributed by atoms with Gasteiger partial charge >= 0.3 is 0 Å². The standard InChI is InChI=1S/C12H17F2NO2/c1-3-16-12(8-15,17-4-2)9-5-6-10(13)11(14)7-9/h5-7H,3-4,8,15H2,1-2H3. The van der Waals surface area contributed by atoms with Crippen LogP contribution in [-0.4, -0.2) is 19.8 Å². The minimum Gasteiger partial charge on any atom is -0.345 e. The lowest BCUT2D eigenvalue weighted by molar-refractivity contribution is -0.235. The first-order chi connectivity index (χ1) is 8.09. The number of benzene rings is 1. The first-order valence-corrected chi connectivity index (χ1v) is 5.53. The maximum Gasteiger partial charge on any atom is 0.207 e. The molecule has 0 saturated carbocycles. The lowest BCUT2D eigenvalue weighted by Gasteiger charge is -2.32. The normalized spacial score (nSPS) is 11.8. The van der Waals surface area contributed by atoms with E-state index in [0.717, 1.165) is 12.1 Å². The summed E-state index contributed by atoms with van der Waals surface area (Å²) in [6.07, 6.45) is 0. The zero-order valence-corrected chi connectivity index (χ0v) is 10.0. The molecule has 2 N–H and O–H groups in total. The molecule has 0 radical (unpaired) electrons. The highest BCUT2D eigenvalue weighted by Gasteiger charge is 2.33. The molecule has 1 aromatic rings. The van der Waals surface area contributed by atoms with E-state index in [1.807, 2.05) is 0 Å². The quantitative estimate of drug-likeness (QED) is 0.781. The molecule has 0 aromatic heterocycles. The van der Waals surface area contributed by atoms with Crippen LogP contribution in [0.4, 0.5) is 8.78 Å². The molecule has 0 unspecified atom stereocenters. The maximum atomic E-state index is 13.2. The number of halogens is 2. The molecule has 0 fully saturated rings. The Morgan fingerprint density at radius 3 is 2.12 bits per heavy atom. The summed E-state index contributed by atoms with van der Waals surface area (Å²) in [4.78, 5) is 0. The van der Waals surface area contributed by atoms with Crippen LogP contribution in [0.25, 0.3) is 0 Å². The Morgan fingerprint density at radius 2 is 1.71 bits per heavy atom. The summed E-state index contributed by atoms with van der Waals surface area (Å²) in [5.74, 6) is -3.06. The van der Waals surface area contributed by atoms with Crippen LogP contribution < -0.4 is 5.73 Å². The second kappa shape index (κ2) is 6.05. The van der Waals surface area contributed by atoms with Crippen molar-refractivity contribution in [1.29, 1.82) is 0 Å². The van der Waals surface area contributed by atoms with E-state index in [1.54, 1.807) is 13.8 Å². The smallest absolute Gasteiger partial charge is 0.207 e. The Hall–Kier alpha value is -1.04. The van der Waals surface area contributed by atoms with Crippen molar-refractivity contribution in [2.45, 2.75) is 19.6 Å². The van der Waals surface area contributed by atoms with Crippen molar-refractivity contribution in [1.82, 2.24) is 0 Å². The molecule has 0 amide bonds. The second-order valence-corrected chi connectivity index (χ2v) is 3.45. The fourth-order valence-electron chi connectivity index (χ4n) is 1.64. The Balaban J connectivity index is 3.14.